The third-order valence-corrected chi connectivity index (χ3v) is 3.37. The summed E-state index contributed by atoms with van der Waals surface area (Å²) in [5.74, 6) is -0.00199. The van der Waals surface area contributed by atoms with Crippen LogP contribution in [0.2, 0.25) is 0 Å². The van der Waals surface area contributed by atoms with Crippen molar-refractivity contribution in [1.82, 2.24) is 4.90 Å². The van der Waals surface area contributed by atoms with Crippen molar-refractivity contribution in [1.29, 1.82) is 0 Å². The Morgan fingerprint density at radius 3 is 2.59 bits per heavy atom. The maximum Gasteiger partial charge on any atom is 0.310 e. The Morgan fingerprint density at radius 2 is 2.00 bits per heavy atom. The lowest BCUT2D eigenvalue weighted by Crippen LogP contribution is -2.23. The van der Waals surface area contributed by atoms with Crippen LogP contribution in [0, 0.1) is 5.92 Å². The quantitative estimate of drug-likeness (QED) is 0.614. The minimum Gasteiger partial charge on any atom is -0.469 e. The van der Waals surface area contributed by atoms with Crippen molar-refractivity contribution < 1.29 is 9.53 Å². The molecule has 1 heterocycles. The Balaban J connectivity index is 2.23. The summed E-state index contributed by atoms with van der Waals surface area (Å²) in [6.45, 7) is 1.63. The van der Waals surface area contributed by atoms with Crippen LogP contribution < -0.4 is 5.73 Å². The van der Waals surface area contributed by atoms with Gasteiger partial charge in [0, 0.05) is 24.7 Å². The van der Waals surface area contributed by atoms with Crippen LogP contribution in [0.5, 0.6) is 0 Å². The van der Waals surface area contributed by atoms with Gasteiger partial charge in [0.1, 0.15) is 0 Å². The molecule has 0 aromatic heterocycles. The Bertz CT molecular complexity index is 402. The van der Waals surface area contributed by atoms with Crippen molar-refractivity contribution in [3.05, 3.63) is 29.8 Å². The van der Waals surface area contributed by atoms with Crippen LogP contribution in [-0.2, 0) is 9.53 Å². The molecule has 4 nitrogen and oxygen atoms in total. The standard InChI is InChI=1S/C13H18N2O2/c1-15-7-11(12(8-15)13(16)17-2)9-3-5-10(14)6-4-9/h3-6,11-12H,7-8,14H2,1-2H3. The van der Waals surface area contributed by atoms with Crippen LogP contribution in [0.1, 0.15) is 11.5 Å². The van der Waals surface area contributed by atoms with Gasteiger partial charge in [0.2, 0.25) is 0 Å². The molecule has 92 valence electrons. The Morgan fingerprint density at radius 1 is 1.35 bits per heavy atom. The van der Waals surface area contributed by atoms with Crippen molar-refractivity contribution in [2.24, 2.45) is 5.92 Å². The molecule has 0 amide bonds. The Hall–Kier alpha value is -1.55. The van der Waals surface area contributed by atoms with Crippen LogP contribution in [-0.4, -0.2) is 38.1 Å². The maximum atomic E-state index is 11.7. The Labute approximate surface area is 101 Å². The number of benzene rings is 1. The predicted molar refractivity (Wildman–Crippen MR) is 66.6 cm³/mol. The second kappa shape index (κ2) is 4.75. The number of ether oxygens (including phenoxy) is 1. The number of carbonyl (C=O) groups is 1. The second-order valence-electron chi connectivity index (χ2n) is 4.62. The highest BCUT2D eigenvalue weighted by molar-refractivity contribution is 5.74. The highest BCUT2D eigenvalue weighted by Gasteiger charge is 2.37. The Kier molecular flexibility index (Phi) is 3.33. The van der Waals surface area contributed by atoms with E-state index in [1.165, 1.54) is 7.11 Å². The van der Waals surface area contributed by atoms with E-state index in [1.54, 1.807) is 0 Å². The number of nitrogens with zero attached hydrogens (tertiary/aromatic N) is 1. The number of carbonyl (C=O) groups excluding carboxylic acids is 1. The molecule has 0 aliphatic carbocycles. The lowest BCUT2D eigenvalue weighted by Gasteiger charge is -2.16. The topological polar surface area (TPSA) is 55.6 Å². The molecule has 2 unspecified atom stereocenters. The van der Waals surface area contributed by atoms with E-state index in [2.05, 4.69) is 4.90 Å². The van der Waals surface area contributed by atoms with Gasteiger partial charge in [0.25, 0.3) is 0 Å². The van der Waals surface area contributed by atoms with Gasteiger partial charge in [-0.25, -0.2) is 0 Å². The smallest absolute Gasteiger partial charge is 0.310 e. The van der Waals surface area contributed by atoms with Gasteiger partial charge in [-0.1, -0.05) is 12.1 Å². The largest absolute Gasteiger partial charge is 0.469 e. The molecule has 2 N–H and O–H groups in total. The van der Waals surface area contributed by atoms with Crippen molar-refractivity contribution in [2.45, 2.75) is 5.92 Å². The number of nitrogen functional groups attached to an aromatic ring is 1. The summed E-state index contributed by atoms with van der Waals surface area (Å²) < 4.78 is 4.87. The third-order valence-electron chi connectivity index (χ3n) is 3.37. The van der Waals surface area contributed by atoms with E-state index in [4.69, 9.17) is 10.5 Å². The summed E-state index contributed by atoms with van der Waals surface area (Å²) in [5.41, 5.74) is 7.57. The summed E-state index contributed by atoms with van der Waals surface area (Å²) in [6, 6.07) is 7.74. The number of likely N-dealkylation sites (N-methyl/N-ethyl adjacent to an activating group) is 1. The zero-order valence-corrected chi connectivity index (χ0v) is 10.2. The predicted octanol–water partition coefficient (Wildman–Crippen LogP) is 1.09. The minimum absolute atomic E-state index is 0.0753. The van der Waals surface area contributed by atoms with Gasteiger partial charge < -0.3 is 15.4 Å². The van der Waals surface area contributed by atoms with Crippen molar-refractivity contribution in [2.75, 3.05) is 33.0 Å². The third kappa shape index (κ3) is 2.42. The highest BCUT2D eigenvalue weighted by atomic mass is 16.5. The molecule has 0 spiro atoms. The summed E-state index contributed by atoms with van der Waals surface area (Å²) in [6.07, 6.45) is 0. The van der Waals surface area contributed by atoms with Crippen LogP contribution in [0.15, 0.2) is 24.3 Å². The number of likely N-dealkylation sites (tertiary alicyclic amines) is 1. The first-order valence-electron chi connectivity index (χ1n) is 5.73. The van der Waals surface area contributed by atoms with Crippen molar-refractivity contribution >= 4 is 11.7 Å². The van der Waals surface area contributed by atoms with Crippen LogP contribution in [0.25, 0.3) is 0 Å². The molecular formula is C13H18N2O2. The zero-order chi connectivity index (χ0) is 12.4. The van der Waals surface area contributed by atoms with Crippen LogP contribution in [0.4, 0.5) is 5.69 Å². The molecule has 1 fully saturated rings. The van der Waals surface area contributed by atoms with E-state index in [9.17, 15) is 4.79 Å². The number of methoxy groups -OCH3 is 1. The van der Waals surface area contributed by atoms with Gasteiger partial charge in [0.05, 0.1) is 13.0 Å². The average molecular weight is 234 g/mol. The van der Waals surface area contributed by atoms with Gasteiger partial charge in [-0.2, -0.15) is 0 Å². The maximum absolute atomic E-state index is 11.7. The van der Waals surface area contributed by atoms with Crippen molar-refractivity contribution in [3.8, 4) is 0 Å². The van der Waals surface area contributed by atoms with Gasteiger partial charge in [0.15, 0.2) is 0 Å². The lowest BCUT2D eigenvalue weighted by atomic mass is 9.89. The molecule has 17 heavy (non-hydrogen) atoms. The summed E-state index contributed by atoms with van der Waals surface area (Å²) in [7, 11) is 3.47. The molecule has 0 saturated carbocycles. The summed E-state index contributed by atoms with van der Waals surface area (Å²) in [5, 5.41) is 0. The van der Waals surface area contributed by atoms with E-state index in [-0.39, 0.29) is 17.8 Å². The normalized spacial score (nSPS) is 24.8. The van der Waals surface area contributed by atoms with Crippen LogP contribution >= 0.6 is 0 Å². The summed E-state index contributed by atoms with van der Waals surface area (Å²) >= 11 is 0. The van der Waals surface area contributed by atoms with Gasteiger partial charge in [-0.05, 0) is 24.7 Å². The van der Waals surface area contributed by atoms with Crippen molar-refractivity contribution in [3.63, 3.8) is 0 Å². The van der Waals surface area contributed by atoms with E-state index in [0.29, 0.717) is 0 Å². The number of anilines is 1. The van der Waals surface area contributed by atoms with E-state index in [1.807, 2.05) is 31.3 Å². The van der Waals surface area contributed by atoms with Gasteiger partial charge in [-0.15, -0.1) is 0 Å². The monoisotopic (exact) mass is 234 g/mol. The number of esters is 1. The number of hydrogen-bond donors (Lipinski definition) is 1. The fourth-order valence-corrected chi connectivity index (χ4v) is 2.47. The fraction of sp³-hybridized carbons (Fsp3) is 0.462. The first kappa shape index (κ1) is 11.9. The van der Waals surface area contributed by atoms with E-state index in [0.717, 1.165) is 24.3 Å². The molecule has 0 radical (unpaired) electrons. The van der Waals surface area contributed by atoms with Gasteiger partial charge in [-0.3, -0.25) is 4.79 Å². The fourth-order valence-electron chi connectivity index (χ4n) is 2.47. The molecule has 1 aliphatic rings. The minimum atomic E-state index is -0.129. The number of hydrogen-bond acceptors (Lipinski definition) is 4. The lowest BCUT2D eigenvalue weighted by molar-refractivity contribution is -0.145. The average Bonchev–Trinajstić information content (AvgIpc) is 2.71. The molecule has 1 aromatic carbocycles. The molecule has 0 bridgehead atoms. The van der Waals surface area contributed by atoms with E-state index < -0.39 is 0 Å². The highest BCUT2D eigenvalue weighted by Crippen LogP contribution is 2.32. The molecule has 2 rings (SSSR count). The zero-order valence-electron chi connectivity index (χ0n) is 10.2. The second-order valence-corrected chi connectivity index (χ2v) is 4.62. The van der Waals surface area contributed by atoms with E-state index >= 15 is 0 Å². The number of rotatable bonds is 2. The number of nitrogens with two attached hydrogens (primary N) is 1. The first-order chi connectivity index (χ1) is 8.11. The van der Waals surface area contributed by atoms with Crippen LogP contribution in [0.3, 0.4) is 0 Å². The molecule has 2 atom stereocenters. The molecule has 1 aliphatic heterocycles. The molecular weight excluding hydrogens is 216 g/mol. The SMILES string of the molecule is COC(=O)C1CN(C)CC1c1ccc(N)cc1. The molecule has 1 aromatic rings. The first-order valence-corrected chi connectivity index (χ1v) is 5.73. The van der Waals surface area contributed by atoms with Gasteiger partial charge >= 0.3 is 5.97 Å². The summed E-state index contributed by atoms with van der Waals surface area (Å²) in [4.78, 5) is 13.9. The molecule has 1 saturated heterocycles. The molecule has 4 heteroatoms.